The maximum absolute atomic E-state index is 13.0. The van der Waals surface area contributed by atoms with Gasteiger partial charge >= 0.3 is 10.8 Å². The first-order valence-corrected chi connectivity index (χ1v) is 12.0. The summed E-state index contributed by atoms with van der Waals surface area (Å²) < 4.78 is 0. The van der Waals surface area contributed by atoms with Gasteiger partial charge in [-0.1, -0.05) is 17.4 Å². The third kappa shape index (κ3) is 2.30. The van der Waals surface area contributed by atoms with Crippen molar-refractivity contribution in [2.24, 2.45) is 29.6 Å². The zero-order chi connectivity index (χ0) is 20.0. The fraction of sp³-hybridized carbons (Fsp3) is 0.474. The zero-order valence-electron chi connectivity index (χ0n) is 14.9. The molecule has 2 N–H and O–H groups in total. The van der Waals surface area contributed by atoms with Crippen molar-refractivity contribution in [2.45, 2.75) is 22.6 Å². The maximum atomic E-state index is 13.0. The number of thiazole rings is 1. The number of fused-ring (bicyclic) bond motifs is 9. The van der Waals surface area contributed by atoms with Crippen molar-refractivity contribution in [3.05, 3.63) is 36.9 Å². The molecule has 6 rings (SSSR count). The minimum atomic E-state index is -1.16. The van der Waals surface area contributed by atoms with Gasteiger partial charge in [-0.2, -0.15) is 0 Å². The summed E-state index contributed by atoms with van der Waals surface area (Å²) in [7, 11) is 0. The molecule has 2 aromatic heterocycles. The van der Waals surface area contributed by atoms with Crippen LogP contribution in [0.5, 0.6) is 0 Å². The maximum Gasteiger partial charge on any atom is 0.323 e. The van der Waals surface area contributed by atoms with Crippen LogP contribution in [0.15, 0.2) is 27.3 Å². The fourth-order valence-corrected chi connectivity index (χ4v) is 10.0. The molecule has 0 aromatic carbocycles. The van der Waals surface area contributed by atoms with Crippen LogP contribution in [-0.4, -0.2) is 44.6 Å². The van der Waals surface area contributed by atoms with Crippen molar-refractivity contribution < 1.29 is 19.5 Å². The van der Waals surface area contributed by atoms with E-state index in [1.807, 2.05) is 11.4 Å². The van der Waals surface area contributed by atoms with Crippen LogP contribution in [0.4, 0.5) is 0 Å². The predicted molar refractivity (Wildman–Crippen MR) is 107 cm³/mol. The zero-order valence-corrected chi connectivity index (χ0v) is 17.4. The van der Waals surface area contributed by atoms with Gasteiger partial charge in [0.2, 0.25) is 11.8 Å². The summed E-state index contributed by atoms with van der Waals surface area (Å²) in [6.45, 7) is -0.554. The molecule has 2 aliphatic carbocycles. The number of hydrogen-bond donors (Lipinski definition) is 2. The van der Waals surface area contributed by atoms with E-state index in [0.717, 1.165) is 21.2 Å². The number of carboxylic acids is 1. The Morgan fingerprint density at radius 1 is 1.21 bits per heavy atom. The van der Waals surface area contributed by atoms with Gasteiger partial charge in [0.05, 0.1) is 16.9 Å². The number of carboxylic acid groups (broad SMARTS) is 1. The number of thioether (sulfide) groups is 1. The number of imide groups is 1. The molecule has 2 aromatic rings. The number of H-pyrrole nitrogens is 1. The number of carbonyl (C=O) groups is 3. The molecule has 0 radical (unpaired) electrons. The van der Waals surface area contributed by atoms with Gasteiger partial charge in [-0.05, 0) is 35.6 Å². The van der Waals surface area contributed by atoms with E-state index in [1.165, 1.54) is 16.2 Å². The second kappa shape index (κ2) is 6.05. The first kappa shape index (κ1) is 17.9. The van der Waals surface area contributed by atoms with Crippen LogP contribution in [0.25, 0.3) is 0 Å². The molecule has 29 heavy (non-hydrogen) atoms. The summed E-state index contributed by atoms with van der Waals surface area (Å²) in [5.41, 5.74) is 0. The SMILES string of the molecule is O=C(O)CN1C(=O)C2C3CC(C2C1=O)C1C(c2cccs2)c2sc(=O)[nH]c2SC31. The number of aromatic nitrogens is 1. The highest BCUT2D eigenvalue weighted by Crippen LogP contribution is 2.68. The van der Waals surface area contributed by atoms with Crippen LogP contribution >= 0.6 is 34.4 Å². The summed E-state index contributed by atoms with van der Waals surface area (Å²) in [5, 5.41) is 12.2. The van der Waals surface area contributed by atoms with Gasteiger partial charge in [0.15, 0.2) is 0 Å². The normalized spacial score (nSPS) is 37.0. The van der Waals surface area contributed by atoms with Crippen molar-refractivity contribution in [3.63, 3.8) is 0 Å². The Hall–Kier alpha value is -1.91. The van der Waals surface area contributed by atoms with Crippen molar-refractivity contribution in [1.29, 1.82) is 0 Å². The van der Waals surface area contributed by atoms with Gasteiger partial charge in [-0.15, -0.1) is 23.1 Å². The lowest BCUT2D eigenvalue weighted by Gasteiger charge is -2.42. The summed E-state index contributed by atoms with van der Waals surface area (Å²) in [6, 6.07) is 4.08. The van der Waals surface area contributed by atoms with E-state index in [1.54, 1.807) is 23.1 Å². The third-order valence-corrected chi connectivity index (χ3v) is 10.5. The van der Waals surface area contributed by atoms with E-state index in [-0.39, 0.29) is 45.6 Å². The quantitative estimate of drug-likeness (QED) is 0.696. The Labute approximate surface area is 177 Å². The number of aliphatic carboxylic acids is 1. The van der Waals surface area contributed by atoms with Crippen molar-refractivity contribution in [3.8, 4) is 0 Å². The molecule has 0 spiro atoms. The largest absolute Gasteiger partial charge is 0.480 e. The summed E-state index contributed by atoms with van der Waals surface area (Å²) in [6.07, 6.45) is 0.817. The average molecular weight is 449 g/mol. The average Bonchev–Trinajstić information content (AvgIpc) is 3.45. The van der Waals surface area contributed by atoms with E-state index in [4.69, 9.17) is 5.11 Å². The number of rotatable bonds is 3. The molecule has 3 fully saturated rings. The van der Waals surface area contributed by atoms with E-state index >= 15 is 0 Å². The third-order valence-electron chi connectivity index (χ3n) is 6.96. The van der Waals surface area contributed by atoms with Gasteiger partial charge in [0.1, 0.15) is 6.54 Å². The van der Waals surface area contributed by atoms with Crippen molar-refractivity contribution in [1.82, 2.24) is 9.88 Å². The molecular formula is C19H16N2O5S3. The number of hydrogen-bond acceptors (Lipinski definition) is 7. The Bertz CT molecular complexity index is 1110. The molecule has 1 saturated heterocycles. The summed E-state index contributed by atoms with van der Waals surface area (Å²) >= 11 is 4.54. The highest BCUT2D eigenvalue weighted by molar-refractivity contribution is 8.00. The minimum absolute atomic E-state index is 0.0364. The number of nitrogens with one attached hydrogen (secondary N) is 1. The minimum Gasteiger partial charge on any atom is -0.480 e. The van der Waals surface area contributed by atoms with E-state index in [0.29, 0.717) is 0 Å². The van der Waals surface area contributed by atoms with Gasteiger partial charge in [-0.25, -0.2) is 0 Å². The van der Waals surface area contributed by atoms with Gasteiger partial charge < -0.3 is 10.1 Å². The van der Waals surface area contributed by atoms with Crippen LogP contribution in [-0.2, 0) is 14.4 Å². The summed E-state index contributed by atoms with van der Waals surface area (Å²) in [4.78, 5) is 55.3. The number of thiophene rings is 1. The number of amides is 2. The van der Waals surface area contributed by atoms with E-state index < -0.39 is 24.3 Å². The molecular weight excluding hydrogens is 432 g/mol. The highest BCUT2D eigenvalue weighted by Gasteiger charge is 2.69. The number of likely N-dealkylation sites (tertiary alicyclic amines) is 1. The van der Waals surface area contributed by atoms with E-state index in [9.17, 15) is 19.2 Å². The Balaban J connectivity index is 1.45. The van der Waals surface area contributed by atoms with Gasteiger partial charge in [0, 0.05) is 20.9 Å². The van der Waals surface area contributed by atoms with Gasteiger partial charge in [0.25, 0.3) is 0 Å². The predicted octanol–water partition coefficient (Wildman–Crippen LogP) is 2.06. The van der Waals surface area contributed by atoms with Crippen molar-refractivity contribution >= 4 is 52.2 Å². The van der Waals surface area contributed by atoms with Crippen LogP contribution in [0.3, 0.4) is 0 Å². The molecule has 4 heterocycles. The second-order valence-electron chi connectivity index (χ2n) is 8.13. The van der Waals surface area contributed by atoms with Crippen molar-refractivity contribution in [2.75, 3.05) is 6.54 Å². The molecule has 7 nitrogen and oxygen atoms in total. The molecule has 10 heteroatoms. The lowest BCUT2D eigenvalue weighted by atomic mass is 9.69. The van der Waals surface area contributed by atoms with Crippen LogP contribution in [0, 0.1) is 29.6 Å². The summed E-state index contributed by atoms with van der Waals surface area (Å²) in [5.74, 6) is -2.36. The first-order valence-electron chi connectivity index (χ1n) is 9.45. The number of aromatic amines is 1. The molecule has 2 saturated carbocycles. The smallest absolute Gasteiger partial charge is 0.323 e. The van der Waals surface area contributed by atoms with Crippen LogP contribution in [0.2, 0.25) is 0 Å². The molecule has 2 amide bonds. The molecule has 4 aliphatic rings. The fourth-order valence-electron chi connectivity index (χ4n) is 6.16. The van der Waals surface area contributed by atoms with Gasteiger partial charge in [-0.3, -0.25) is 24.1 Å². The molecule has 150 valence electrons. The topological polar surface area (TPSA) is 108 Å². The molecule has 2 aliphatic heterocycles. The molecule has 2 bridgehead atoms. The number of nitrogens with zero attached hydrogens (tertiary/aromatic N) is 1. The van der Waals surface area contributed by atoms with Crippen LogP contribution < -0.4 is 4.87 Å². The lowest BCUT2D eigenvalue weighted by molar-refractivity contribution is -0.149. The Morgan fingerprint density at radius 2 is 1.97 bits per heavy atom. The first-order chi connectivity index (χ1) is 14.0. The molecule has 7 atom stereocenters. The second-order valence-corrected chi connectivity index (χ2v) is 11.3. The van der Waals surface area contributed by atoms with Crippen LogP contribution in [0.1, 0.15) is 22.1 Å². The standard InChI is InChI=1S/C19H16N2O5S3/c22-9(23)5-21-17(24)11-6-4-7(12(11)18(21)25)14-10(6)13(8-2-1-3-27-8)15-16(28-14)20-19(26)29-15/h1-3,6-7,10-14H,4-5H2,(H,20,26)(H,22,23). The lowest BCUT2D eigenvalue weighted by Crippen LogP contribution is -2.42. The Morgan fingerprint density at radius 3 is 2.66 bits per heavy atom. The monoisotopic (exact) mass is 448 g/mol. The Kier molecular flexibility index (Phi) is 3.74. The number of carbonyl (C=O) groups excluding carboxylic acids is 2. The van der Waals surface area contributed by atoms with E-state index in [2.05, 4.69) is 11.1 Å². The molecule has 7 unspecified atom stereocenters. The highest BCUT2D eigenvalue weighted by atomic mass is 32.2.